The third-order valence-electron chi connectivity index (χ3n) is 3.56. The first-order chi connectivity index (χ1) is 11.1. The predicted octanol–water partition coefficient (Wildman–Crippen LogP) is 5.01. The van der Waals surface area contributed by atoms with Crippen molar-refractivity contribution in [3.05, 3.63) is 69.7 Å². The molecular formula is C18H12Cl2N2O. The number of nitriles is 2. The zero-order valence-electron chi connectivity index (χ0n) is 12.0. The van der Waals surface area contributed by atoms with E-state index in [-0.39, 0.29) is 12.2 Å². The maximum absolute atomic E-state index is 12.5. The molecule has 2 rings (SSSR count). The monoisotopic (exact) mass is 342 g/mol. The Labute approximate surface area is 144 Å². The second-order valence-corrected chi connectivity index (χ2v) is 5.84. The van der Waals surface area contributed by atoms with Gasteiger partial charge in [-0.25, -0.2) is 0 Å². The van der Waals surface area contributed by atoms with Gasteiger partial charge < -0.3 is 0 Å². The van der Waals surface area contributed by atoms with Crippen molar-refractivity contribution in [2.24, 2.45) is 5.92 Å². The molecule has 1 unspecified atom stereocenters. The molecular weight excluding hydrogens is 331 g/mol. The number of halogens is 2. The summed E-state index contributed by atoms with van der Waals surface area (Å²) in [6.45, 7) is 0. The fourth-order valence-corrected chi connectivity index (χ4v) is 2.75. The van der Waals surface area contributed by atoms with Crippen LogP contribution in [0.2, 0.25) is 10.0 Å². The van der Waals surface area contributed by atoms with Crippen molar-refractivity contribution in [3.8, 4) is 12.1 Å². The van der Waals surface area contributed by atoms with Crippen LogP contribution < -0.4 is 0 Å². The number of carbonyl (C=O) groups excluding carboxylic acids is 1. The molecule has 114 valence electrons. The number of ketones is 1. The van der Waals surface area contributed by atoms with Crippen LogP contribution >= 0.6 is 23.2 Å². The highest BCUT2D eigenvalue weighted by atomic mass is 35.5. The molecule has 0 aliphatic rings. The van der Waals surface area contributed by atoms with Gasteiger partial charge in [0.1, 0.15) is 5.92 Å². The van der Waals surface area contributed by atoms with E-state index in [2.05, 4.69) is 0 Å². The standard InChI is InChI=1S/C18H12Cl2N2O/c19-14-7-5-12(6-8-14)18(23)9-16(13(10-21)11-22)15-3-1-2-4-17(15)20/h1-8,13,16H,9H2. The van der Waals surface area contributed by atoms with E-state index in [4.69, 9.17) is 23.2 Å². The fourth-order valence-electron chi connectivity index (χ4n) is 2.35. The summed E-state index contributed by atoms with van der Waals surface area (Å²) in [5, 5.41) is 19.4. The Balaban J connectivity index is 2.34. The van der Waals surface area contributed by atoms with Gasteiger partial charge in [0.2, 0.25) is 0 Å². The van der Waals surface area contributed by atoms with Crippen LogP contribution in [0.25, 0.3) is 0 Å². The normalized spacial score (nSPS) is 11.5. The molecule has 0 aliphatic carbocycles. The zero-order valence-corrected chi connectivity index (χ0v) is 13.6. The lowest BCUT2D eigenvalue weighted by atomic mass is 9.82. The molecule has 0 amide bonds. The van der Waals surface area contributed by atoms with E-state index in [1.165, 1.54) is 0 Å². The van der Waals surface area contributed by atoms with Crippen LogP contribution in [-0.4, -0.2) is 5.78 Å². The van der Waals surface area contributed by atoms with Crippen molar-refractivity contribution in [2.45, 2.75) is 12.3 Å². The molecule has 2 aromatic carbocycles. The summed E-state index contributed by atoms with van der Waals surface area (Å²) >= 11 is 12.0. The van der Waals surface area contributed by atoms with E-state index >= 15 is 0 Å². The number of hydrogen-bond acceptors (Lipinski definition) is 3. The Kier molecular flexibility index (Phi) is 5.77. The molecule has 3 nitrogen and oxygen atoms in total. The summed E-state index contributed by atoms with van der Waals surface area (Å²) in [4.78, 5) is 12.5. The van der Waals surface area contributed by atoms with Crippen LogP contribution in [-0.2, 0) is 0 Å². The quantitative estimate of drug-likeness (QED) is 0.717. The van der Waals surface area contributed by atoms with Crippen LogP contribution in [0.4, 0.5) is 0 Å². The van der Waals surface area contributed by atoms with Crippen molar-refractivity contribution < 1.29 is 4.79 Å². The summed E-state index contributed by atoms with van der Waals surface area (Å²) < 4.78 is 0. The lowest BCUT2D eigenvalue weighted by Crippen LogP contribution is -2.15. The highest BCUT2D eigenvalue weighted by Crippen LogP contribution is 2.34. The van der Waals surface area contributed by atoms with E-state index in [0.29, 0.717) is 21.2 Å². The van der Waals surface area contributed by atoms with Crippen molar-refractivity contribution in [1.29, 1.82) is 10.5 Å². The first kappa shape index (κ1) is 17.0. The van der Waals surface area contributed by atoms with Crippen molar-refractivity contribution >= 4 is 29.0 Å². The van der Waals surface area contributed by atoms with Gasteiger partial charge in [-0.15, -0.1) is 0 Å². The predicted molar refractivity (Wildman–Crippen MR) is 89.3 cm³/mol. The first-order valence-electron chi connectivity index (χ1n) is 6.89. The van der Waals surface area contributed by atoms with Crippen molar-refractivity contribution in [3.63, 3.8) is 0 Å². The maximum Gasteiger partial charge on any atom is 0.163 e. The topological polar surface area (TPSA) is 64.7 Å². The zero-order chi connectivity index (χ0) is 16.8. The summed E-state index contributed by atoms with van der Waals surface area (Å²) in [6, 6.07) is 17.4. The molecule has 1 atom stereocenters. The lowest BCUT2D eigenvalue weighted by Gasteiger charge is -2.18. The van der Waals surface area contributed by atoms with E-state index in [1.807, 2.05) is 12.1 Å². The fraction of sp³-hybridized carbons (Fsp3) is 0.167. The largest absolute Gasteiger partial charge is 0.294 e. The molecule has 5 heteroatoms. The van der Waals surface area contributed by atoms with Crippen LogP contribution in [0.1, 0.15) is 28.3 Å². The molecule has 0 spiro atoms. The van der Waals surface area contributed by atoms with E-state index < -0.39 is 11.8 Å². The Hall–Kier alpha value is -2.33. The minimum absolute atomic E-state index is 0.0250. The Morgan fingerprint density at radius 2 is 1.61 bits per heavy atom. The molecule has 0 fully saturated rings. The van der Waals surface area contributed by atoms with E-state index in [0.717, 1.165) is 0 Å². The Morgan fingerprint density at radius 1 is 1.00 bits per heavy atom. The molecule has 0 radical (unpaired) electrons. The number of rotatable bonds is 5. The first-order valence-corrected chi connectivity index (χ1v) is 7.65. The number of hydrogen-bond donors (Lipinski definition) is 0. The van der Waals surface area contributed by atoms with Gasteiger partial charge in [0.15, 0.2) is 5.78 Å². The third kappa shape index (κ3) is 4.11. The molecule has 0 aliphatic heterocycles. The molecule has 0 N–H and O–H groups in total. The summed E-state index contributed by atoms with van der Waals surface area (Å²) in [7, 11) is 0. The van der Waals surface area contributed by atoms with Crippen LogP contribution in [0.3, 0.4) is 0 Å². The van der Waals surface area contributed by atoms with Gasteiger partial charge in [0.05, 0.1) is 12.1 Å². The molecule has 0 saturated carbocycles. The van der Waals surface area contributed by atoms with Crippen molar-refractivity contribution in [2.75, 3.05) is 0 Å². The smallest absolute Gasteiger partial charge is 0.163 e. The van der Waals surface area contributed by atoms with Crippen LogP contribution in [0, 0.1) is 28.6 Å². The summed E-state index contributed by atoms with van der Waals surface area (Å²) in [5.74, 6) is -1.70. The van der Waals surface area contributed by atoms with Gasteiger partial charge in [-0.3, -0.25) is 4.79 Å². The highest BCUT2D eigenvalue weighted by molar-refractivity contribution is 6.31. The Bertz CT molecular complexity index is 774. The van der Waals surface area contributed by atoms with E-state index in [9.17, 15) is 15.3 Å². The molecule has 0 aromatic heterocycles. The average Bonchev–Trinajstić information content (AvgIpc) is 2.56. The van der Waals surface area contributed by atoms with Gasteiger partial charge in [0, 0.05) is 27.9 Å². The minimum Gasteiger partial charge on any atom is -0.294 e. The van der Waals surface area contributed by atoms with Gasteiger partial charge in [-0.2, -0.15) is 10.5 Å². The average molecular weight is 343 g/mol. The highest BCUT2D eigenvalue weighted by Gasteiger charge is 2.27. The minimum atomic E-state index is -0.953. The lowest BCUT2D eigenvalue weighted by molar-refractivity contribution is 0.0971. The SMILES string of the molecule is N#CC(C#N)C(CC(=O)c1ccc(Cl)cc1)c1ccccc1Cl. The van der Waals surface area contributed by atoms with Crippen molar-refractivity contribution in [1.82, 2.24) is 0 Å². The second-order valence-electron chi connectivity index (χ2n) is 5.00. The number of benzene rings is 2. The van der Waals surface area contributed by atoms with Crippen LogP contribution in [0.15, 0.2) is 48.5 Å². The molecule has 0 bridgehead atoms. The molecule has 23 heavy (non-hydrogen) atoms. The van der Waals surface area contributed by atoms with Gasteiger partial charge in [0.25, 0.3) is 0 Å². The second kappa shape index (κ2) is 7.79. The Morgan fingerprint density at radius 3 is 2.17 bits per heavy atom. The number of nitrogens with zero attached hydrogens (tertiary/aromatic N) is 2. The number of Topliss-reactive ketones (excluding diaryl/α,β-unsaturated/α-hetero) is 1. The van der Waals surface area contributed by atoms with Gasteiger partial charge in [-0.1, -0.05) is 41.4 Å². The maximum atomic E-state index is 12.5. The third-order valence-corrected chi connectivity index (χ3v) is 4.15. The van der Waals surface area contributed by atoms with Gasteiger partial charge in [-0.05, 0) is 35.9 Å². The number of carbonyl (C=O) groups is 1. The summed E-state index contributed by atoms with van der Waals surface area (Å²) in [6.07, 6.45) is 0.0250. The van der Waals surface area contributed by atoms with E-state index in [1.54, 1.807) is 48.5 Å². The molecule has 0 saturated heterocycles. The molecule has 0 heterocycles. The summed E-state index contributed by atoms with van der Waals surface area (Å²) in [5.41, 5.74) is 1.12. The van der Waals surface area contributed by atoms with Crippen LogP contribution in [0.5, 0.6) is 0 Å². The molecule has 2 aromatic rings. The van der Waals surface area contributed by atoms with Gasteiger partial charge >= 0.3 is 0 Å².